The predicted octanol–water partition coefficient (Wildman–Crippen LogP) is 4.82. The third kappa shape index (κ3) is 4.29. The quantitative estimate of drug-likeness (QED) is 0.324. The molecule has 1 aliphatic rings. The SMILES string of the molecule is O=C(CN1C(=O)N/C(=C\c2cccn2-c2ccc3ccccc3c2)C1=O)Nc1ccc(Cl)cc1. The first kappa shape index (κ1) is 21.5. The predicted molar refractivity (Wildman–Crippen MR) is 132 cm³/mol. The third-order valence-electron chi connectivity index (χ3n) is 5.48. The van der Waals surface area contributed by atoms with Gasteiger partial charge in [-0.3, -0.25) is 9.59 Å². The number of aromatic nitrogens is 1. The van der Waals surface area contributed by atoms with Crippen LogP contribution in [-0.4, -0.2) is 33.9 Å². The van der Waals surface area contributed by atoms with Crippen LogP contribution in [0.2, 0.25) is 5.02 Å². The highest BCUT2D eigenvalue weighted by Gasteiger charge is 2.35. The summed E-state index contributed by atoms with van der Waals surface area (Å²) in [5.74, 6) is -1.06. The maximum atomic E-state index is 12.9. The Balaban J connectivity index is 1.34. The Morgan fingerprint density at radius 2 is 1.71 bits per heavy atom. The fourth-order valence-electron chi connectivity index (χ4n) is 3.81. The second-order valence-corrected chi connectivity index (χ2v) is 8.21. The summed E-state index contributed by atoms with van der Waals surface area (Å²) in [7, 11) is 0. The van der Waals surface area contributed by atoms with Crippen molar-refractivity contribution in [3.63, 3.8) is 0 Å². The molecule has 4 amide bonds. The molecule has 8 heteroatoms. The zero-order valence-electron chi connectivity index (χ0n) is 17.9. The smallest absolute Gasteiger partial charge is 0.325 e. The van der Waals surface area contributed by atoms with Crippen LogP contribution in [0.25, 0.3) is 22.5 Å². The molecule has 0 radical (unpaired) electrons. The van der Waals surface area contributed by atoms with Gasteiger partial charge in [-0.1, -0.05) is 41.9 Å². The van der Waals surface area contributed by atoms with Gasteiger partial charge in [-0.15, -0.1) is 0 Å². The van der Waals surface area contributed by atoms with E-state index in [4.69, 9.17) is 11.6 Å². The van der Waals surface area contributed by atoms with Gasteiger partial charge in [0.1, 0.15) is 12.2 Å². The van der Waals surface area contributed by atoms with Crippen molar-refractivity contribution in [2.75, 3.05) is 11.9 Å². The molecule has 1 aliphatic heterocycles. The number of rotatable bonds is 5. The van der Waals surface area contributed by atoms with E-state index < -0.39 is 24.4 Å². The lowest BCUT2D eigenvalue weighted by Gasteiger charge is -2.12. The molecule has 2 N–H and O–H groups in total. The van der Waals surface area contributed by atoms with Crippen LogP contribution in [-0.2, 0) is 9.59 Å². The van der Waals surface area contributed by atoms with Crippen LogP contribution in [0.3, 0.4) is 0 Å². The Labute approximate surface area is 200 Å². The van der Waals surface area contributed by atoms with Crippen molar-refractivity contribution >= 4 is 52.0 Å². The molecule has 0 unspecified atom stereocenters. The molecule has 2 heterocycles. The zero-order chi connectivity index (χ0) is 23.7. The summed E-state index contributed by atoms with van der Waals surface area (Å²) in [4.78, 5) is 38.5. The Morgan fingerprint density at radius 1 is 0.941 bits per heavy atom. The first-order valence-electron chi connectivity index (χ1n) is 10.5. The minimum absolute atomic E-state index is 0.102. The summed E-state index contributed by atoms with van der Waals surface area (Å²) in [5, 5.41) is 7.97. The van der Waals surface area contributed by atoms with Gasteiger partial charge in [0.15, 0.2) is 0 Å². The van der Waals surface area contributed by atoms with Gasteiger partial charge in [0, 0.05) is 28.3 Å². The molecule has 0 spiro atoms. The monoisotopic (exact) mass is 470 g/mol. The van der Waals surface area contributed by atoms with Crippen molar-refractivity contribution in [1.29, 1.82) is 0 Å². The summed E-state index contributed by atoms with van der Waals surface area (Å²) in [5.41, 5.74) is 2.26. The minimum Gasteiger partial charge on any atom is -0.325 e. The highest BCUT2D eigenvalue weighted by atomic mass is 35.5. The second kappa shape index (κ2) is 8.88. The summed E-state index contributed by atoms with van der Waals surface area (Å²) >= 11 is 5.85. The third-order valence-corrected chi connectivity index (χ3v) is 5.73. The number of carbonyl (C=O) groups excluding carboxylic acids is 3. The number of imide groups is 1. The van der Waals surface area contributed by atoms with Crippen molar-refractivity contribution in [3.05, 3.63) is 101 Å². The molecule has 0 atom stereocenters. The summed E-state index contributed by atoms with van der Waals surface area (Å²) in [6.07, 6.45) is 3.49. The van der Waals surface area contributed by atoms with E-state index in [1.54, 1.807) is 30.3 Å². The number of carbonyl (C=O) groups is 3. The molecule has 1 fully saturated rings. The van der Waals surface area contributed by atoms with Gasteiger partial charge in [-0.2, -0.15) is 0 Å². The highest BCUT2D eigenvalue weighted by molar-refractivity contribution is 6.30. The lowest BCUT2D eigenvalue weighted by atomic mass is 10.1. The van der Waals surface area contributed by atoms with Crippen LogP contribution in [0.1, 0.15) is 5.69 Å². The Kier molecular flexibility index (Phi) is 5.61. The number of nitrogens with one attached hydrogen (secondary N) is 2. The Morgan fingerprint density at radius 3 is 2.50 bits per heavy atom. The van der Waals surface area contributed by atoms with Crippen LogP contribution in [0, 0.1) is 0 Å². The van der Waals surface area contributed by atoms with E-state index >= 15 is 0 Å². The van der Waals surface area contributed by atoms with Crippen LogP contribution in [0.5, 0.6) is 0 Å². The standard InChI is InChI=1S/C26H19ClN4O3/c27-19-8-10-20(11-9-19)28-24(32)16-31-25(33)23(29-26(31)34)15-21-6-3-13-30(21)22-12-7-17-4-1-2-5-18(17)14-22/h1-15H,16H2,(H,28,32)(H,29,34)/b23-15-. The molecule has 1 aromatic heterocycles. The van der Waals surface area contributed by atoms with E-state index in [1.807, 2.05) is 59.3 Å². The number of benzene rings is 3. The van der Waals surface area contributed by atoms with Gasteiger partial charge in [0.25, 0.3) is 5.91 Å². The second-order valence-electron chi connectivity index (χ2n) is 7.77. The van der Waals surface area contributed by atoms with Gasteiger partial charge < -0.3 is 15.2 Å². The number of amides is 4. The maximum Gasteiger partial charge on any atom is 0.329 e. The number of fused-ring (bicyclic) bond motifs is 1. The largest absolute Gasteiger partial charge is 0.329 e. The van der Waals surface area contributed by atoms with E-state index in [1.165, 1.54) is 0 Å². The molecule has 0 aliphatic carbocycles. The van der Waals surface area contributed by atoms with Gasteiger partial charge in [-0.25, -0.2) is 9.69 Å². The van der Waals surface area contributed by atoms with E-state index in [-0.39, 0.29) is 5.70 Å². The number of anilines is 1. The number of hydrogen-bond acceptors (Lipinski definition) is 3. The molecule has 1 saturated heterocycles. The first-order valence-corrected chi connectivity index (χ1v) is 10.9. The minimum atomic E-state index is -0.647. The van der Waals surface area contributed by atoms with Crippen LogP contribution in [0.15, 0.2) is 90.8 Å². The average Bonchev–Trinajstić information content (AvgIpc) is 3.40. The normalized spacial score (nSPS) is 14.6. The van der Waals surface area contributed by atoms with Gasteiger partial charge in [-0.05, 0) is 65.4 Å². The summed E-state index contributed by atoms with van der Waals surface area (Å²) in [6.45, 7) is -0.406. The molecular formula is C26H19ClN4O3. The van der Waals surface area contributed by atoms with Crippen molar-refractivity contribution in [1.82, 2.24) is 14.8 Å². The van der Waals surface area contributed by atoms with Crippen LogP contribution < -0.4 is 10.6 Å². The molecule has 34 heavy (non-hydrogen) atoms. The maximum absolute atomic E-state index is 12.9. The van der Waals surface area contributed by atoms with Gasteiger partial charge >= 0.3 is 6.03 Å². The Hall–Kier alpha value is -4.36. The molecule has 5 rings (SSSR count). The first-order chi connectivity index (χ1) is 16.5. The average molecular weight is 471 g/mol. The molecule has 0 saturated carbocycles. The fourth-order valence-corrected chi connectivity index (χ4v) is 3.94. The lowest BCUT2D eigenvalue weighted by Crippen LogP contribution is -2.38. The Bertz CT molecular complexity index is 1460. The topological polar surface area (TPSA) is 83.4 Å². The highest BCUT2D eigenvalue weighted by Crippen LogP contribution is 2.22. The molecule has 4 aromatic rings. The summed E-state index contributed by atoms with van der Waals surface area (Å²) in [6, 6.07) is 23.7. The molecule has 168 valence electrons. The van der Waals surface area contributed by atoms with E-state index in [0.29, 0.717) is 16.4 Å². The molecule has 3 aromatic carbocycles. The molecular weight excluding hydrogens is 452 g/mol. The van der Waals surface area contributed by atoms with Crippen molar-refractivity contribution in [2.24, 2.45) is 0 Å². The van der Waals surface area contributed by atoms with Gasteiger partial charge in [0.05, 0.1) is 0 Å². The van der Waals surface area contributed by atoms with Crippen molar-refractivity contribution in [3.8, 4) is 5.69 Å². The lowest BCUT2D eigenvalue weighted by molar-refractivity contribution is -0.127. The van der Waals surface area contributed by atoms with E-state index in [9.17, 15) is 14.4 Å². The number of nitrogens with zero attached hydrogens (tertiary/aromatic N) is 2. The van der Waals surface area contributed by atoms with Crippen LogP contribution in [0.4, 0.5) is 10.5 Å². The molecule has 7 nitrogen and oxygen atoms in total. The van der Waals surface area contributed by atoms with Crippen LogP contribution >= 0.6 is 11.6 Å². The summed E-state index contributed by atoms with van der Waals surface area (Å²) < 4.78 is 1.93. The zero-order valence-corrected chi connectivity index (χ0v) is 18.6. The van der Waals surface area contributed by atoms with E-state index in [0.717, 1.165) is 21.4 Å². The number of urea groups is 1. The van der Waals surface area contributed by atoms with Gasteiger partial charge in [0.2, 0.25) is 5.91 Å². The van der Waals surface area contributed by atoms with Crippen molar-refractivity contribution in [2.45, 2.75) is 0 Å². The molecule has 0 bridgehead atoms. The van der Waals surface area contributed by atoms with Crippen molar-refractivity contribution < 1.29 is 14.4 Å². The van der Waals surface area contributed by atoms with E-state index in [2.05, 4.69) is 16.7 Å². The number of halogens is 1. The fraction of sp³-hybridized carbons (Fsp3) is 0.0385. The number of hydrogen-bond donors (Lipinski definition) is 2.